The summed E-state index contributed by atoms with van der Waals surface area (Å²) in [5, 5.41) is 24.5. The van der Waals surface area contributed by atoms with E-state index in [0.717, 1.165) is 38.6 Å². The molecule has 0 aromatic heterocycles. The molecule has 0 radical (unpaired) electrons. The third-order valence-corrected chi connectivity index (χ3v) is 8.18. The van der Waals surface area contributed by atoms with Crippen LogP contribution in [0.15, 0.2) is 24.3 Å². The normalized spacial score (nSPS) is 26.5. The SMILES string of the molecule is CC(C1CCN(CC2CCCCCCC2)CC1(CO)CO)N1CNc2ccccc21. The fraction of sp³-hybridized carbons (Fsp3) is 0.760. The summed E-state index contributed by atoms with van der Waals surface area (Å²) < 4.78 is 0. The Morgan fingerprint density at radius 2 is 1.73 bits per heavy atom. The van der Waals surface area contributed by atoms with Gasteiger partial charge in [-0.05, 0) is 56.7 Å². The fourth-order valence-corrected chi connectivity index (χ4v) is 6.36. The van der Waals surface area contributed by atoms with Crippen LogP contribution in [0.1, 0.15) is 58.3 Å². The van der Waals surface area contributed by atoms with E-state index >= 15 is 0 Å². The Morgan fingerprint density at radius 1 is 1.03 bits per heavy atom. The molecule has 0 amide bonds. The predicted molar refractivity (Wildman–Crippen MR) is 124 cm³/mol. The van der Waals surface area contributed by atoms with Crippen molar-refractivity contribution in [1.82, 2.24) is 4.90 Å². The Balaban J connectivity index is 1.45. The summed E-state index contributed by atoms with van der Waals surface area (Å²) in [5.41, 5.74) is 1.99. The van der Waals surface area contributed by atoms with Gasteiger partial charge < -0.3 is 25.3 Å². The molecule has 1 saturated heterocycles. The van der Waals surface area contributed by atoms with E-state index < -0.39 is 5.41 Å². The second-order valence-electron chi connectivity index (χ2n) is 10.1. The first kappa shape index (κ1) is 21.9. The molecule has 0 spiro atoms. The van der Waals surface area contributed by atoms with Gasteiger partial charge in [-0.1, -0.05) is 44.2 Å². The molecule has 30 heavy (non-hydrogen) atoms. The monoisotopic (exact) mass is 415 g/mol. The molecule has 1 saturated carbocycles. The van der Waals surface area contributed by atoms with Gasteiger partial charge in [0.2, 0.25) is 0 Å². The van der Waals surface area contributed by atoms with Crippen molar-refractivity contribution in [3.63, 3.8) is 0 Å². The van der Waals surface area contributed by atoms with Gasteiger partial charge in [0.25, 0.3) is 0 Å². The molecule has 3 N–H and O–H groups in total. The van der Waals surface area contributed by atoms with Gasteiger partial charge in [0, 0.05) is 24.5 Å². The summed E-state index contributed by atoms with van der Waals surface area (Å²) in [5.74, 6) is 1.05. The lowest BCUT2D eigenvalue weighted by Crippen LogP contribution is -2.59. The molecule has 3 aliphatic rings. The minimum absolute atomic E-state index is 0.0581. The topological polar surface area (TPSA) is 59.0 Å². The highest BCUT2D eigenvalue weighted by Crippen LogP contribution is 2.43. The highest BCUT2D eigenvalue weighted by atomic mass is 16.3. The molecule has 2 aliphatic heterocycles. The number of piperidine rings is 1. The molecule has 2 heterocycles. The van der Waals surface area contributed by atoms with E-state index in [0.29, 0.717) is 0 Å². The van der Waals surface area contributed by atoms with E-state index in [1.165, 1.54) is 56.3 Å². The third-order valence-electron chi connectivity index (χ3n) is 8.18. The highest BCUT2D eigenvalue weighted by molar-refractivity contribution is 5.74. The lowest BCUT2D eigenvalue weighted by Gasteiger charge is -2.51. The first-order valence-corrected chi connectivity index (χ1v) is 12.2. The number of anilines is 2. The smallest absolute Gasteiger partial charge is 0.0880 e. The molecular weight excluding hydrogens is 374 g/mol. The molecular formula is C25H41N3O2. The Labute approximate surface area is 182 Å². The molecule has 2 fully saturated rings. The number of benzene rings is 1. The van der Waals surface area contributed by atoms with Gasteiger partial charge in [0.05, 0.1) is 31.3 Å². The number of fused-ring (bicyclic) bond motifs is 1. The molecule has 2 unspecified atom stereocenters. The number of rotatable bonds is 6. The first-order chi connectivity index (χ1) is 14.7. The van der Waals surface area contributed by atoms with E-state index in [2.05, 4.69) is 46.3 Å². The van der Waals surface area contributed by atoms with Crippen molar-refractivity contribution in [2.24, 2.45) is 17.3 Å². The van der Waals surface area contributed by atoms with Gasteiger partial charge in [-0.15, -0.1) is 0 Å². The van der Waals surface area contributed by atoms with Crippen molar-refractivity contribution in [1.29, 1.82) is 0 Å². The van der Waals surface area contributed by atoms with E-state index in [-0.39, 0.29) is 25.2 Å². The van der Waals surface area contributed by atoms with Gasteiger partial charge in [-0.25, -0.2) is 0 Å². The van der Waals surface area contributed by atoms with Crippen LogP contribution >= 0.6 is 0 Å². The average Bonchev–Trinajstić information content (AvgIpc) is 3.19. The molecule has 0 bridgehead atoms. The van der Waals surface area contributed by atoms with Crippen LogP contribution in [0.5, 0.6) is 0 Å². The van der Waals surface area contributed by atoms with E-state index in [9.17, 15) is 10.2 Å². The van der Waals surface area contributed by atoms with Crippen LogP contribution in [0.2, 0.25) is 0 Å². The lowest BCUT2D eigenvalue weighted by molar-refractivity contribution is -0.0658. The van der Waals surface area contributed by atoms with E-state index in [1.54, 1.807) is 0 Å². The number of nitrogens with one attached hydrogen (secondary N) is 1. The number of nitrogens with zero attached hydrogens (tertiary/aromatic N) is 2. The second kappa shape index (κ2) is 9.88. The molecule has 2 atom stereocenters. The van der Waals surface area contributed by atoms with Gasteiger partial charge in [0.1, 0.15) is 0 Å². The van der Waals surface area contributed by atoms with Gasteiger partial charge in [0.15, 0.2) is 0 Å². The molecule has 1 aromatic carbocycles. The summed E-state index contributed by atoms with van der Waals surface area (Å²) in [6.45, 7) is 6.22. The predicted octanol–water partition coefficient (Wildman–Crippen LogP) is 3.92. The van der Waals surface area contributed by atoms with Crippen molar-refractivity contribution < 1.29 is 10.2 Å². The number of hydrogen-bond acceptors (Lipinski definition) is 5. The Hall–Kier alpha value is -1.30. The summed E-state index contributed by atoms with van der Waals surface area (Å²) in [4.78, 5) is 4.97. The van der Waals surface area contributed by atoms with E-state index in [1.807, 2.05) is 0 Å². The van der Waals surface area contributed by atoms with Crippen LogP contribution in [-0.2, 0) is 0 Å². The van der Waals surface area contributed by atoms with Crippen LogP contribution in [0.3, 0.4) is 0 Å². The maximum atomic E-state index is 10.5. The third kappa shape index (κ3) is 4.49. The largest absolute Gasteiger partial charge is 0.396 e. The van der Waals surface area contributed by atoms with E-state index in [4.69, 9.17) is 0 Å². The molecule has 5 nitrogen and oxygen atoms in total. The Kier molecular flexibility index (Phi) is 7.22. The van der Waals surface area contributed by atoms with Crippen molar-refractivity contribution in [3.8, 4) is 0 Å². The quantitative estimate of drug-likeness (QED) is 0.657. The number of hydrogen-bond donors (Lipinski definition) is 3. The first-order valence-electron chi connectivity index (χ1n) is 12.2. The van der Waals surface area contributed by atoms with Crippen molar-refractivity contribution in [3.05, 3.63) is 24.3 Å². The molecule has 4 rings (SSSR count). The fourth-order valence-electron chi connectivity index (χ4n) is 6.36. The van der Waals surface area contributed by atoms with Crippen molar-refractivity contribution in [2.45, 2.75) is 64.3 Å². The van der Waals surface area contributed by atoms with Gasteiger partial charge >= 0.3 is 0 Å². The second-order valence-corrected chi connectivity index (χ2v) is 10.1. The summed E-state index contributed by atoms with van der Waals surface area (Å²) in [6, 6.07) is 8.73. The summed E-state index contributed by atoms with van der Waals surface area (Å²) >= 11 is 0. The van der Waals surface area contributed by atoms with Crippen molar-refractivity contribution >= 4 is 11.4 Å². The molecule has 5 heteroatoms. The highest BCUT2D eigenvalue weighted by Gasteiger charge is 2.47. The number of para-hydroxylation sites is 2. The maximum absolute atomic E-state index is 10.5. The minimum Gasteiger partial charge on any atom is -0.396 e. The summed E-state index contributed by atoms with van der Waals surface area (Å²) in [7, 11) is 0. The zero-order valence-electron chi connectivity index (χ0n) is 18.7. The van der Waals surface area contributed by atoms with Crippen LogP contribution in [0, 0.1) is 17.3 Å². The van der Waals surface area contributed by atoms with Gasteiger partial charge in [-0.2, -0.15) is 0 Å². The van der Waals surface area contributed by atoms with Crippen LogP contribution < -0.4 is 10.2 Å². The Morgan fingerprint density at radius 3 is 2.47 bits per heavy atom. The Bertz CT molecular complexity index is 670. The average molecular weight is 416 g/mol. The molecule has 1 aliphatic carbocycles. The maximum Gasteiger partial charge on any atom is 0.0880 e. The standard InChI is InChI=1S/C25H41N3O2/c1-20(28-19-26-23-11-7-8-12-24(23)28)22-13-14-27(16-25(22,17-29)18-30)15-21-9-5-3-2-4-6-10-21/h7-8,11-12,20-22,26,29-30H,2-6,9-10,13-19H2,1H3. The van der Waals surface area contributed by atoms with Crippen LogP contribution in [-0.4, -0.2) is 60.7 Å². The van der Waals surface area contributed by atoms with Crippen molar-refractivity contribution in [2.75, 3.05) is 49.7 Å². The summed E-state index contributed by atoms with van der Waals surface area (Å²) in [6.07, 6.45) is 10.6. The van der Waals surface area contributed by atoms with Gasteiger partial charge in [-0.3, -0.25) is 0 Å². The zero-order valence-corrected chi connectivity index (χ0v) is 18.7. The number of aliphatic hydroxyl groups excluding tert-OH is 2. The lowest BCUT2D eigenvalue weighted by atomic mass is 9.68. The minimum atomic E-state index is -0.434. The zero-order chi connectivity index (χ0) is 21.0. The number of likely N-dealkylation sites (tertiary alicyclic amines) is 1. The number of aliphatic hydroxyl groups is 2. The molecule has 1 aromatic rings. The van der Waals surface area contributed by atoms with Crippen LogP contribution in [0.4, 0.5) is 11.4 Å². The molecule has 168 valence electrons. The van der Waals surface area contributed by atoms with Crippen LogP contribution in [0.25, 0.3) is 0 Å².